The summed E-state index contributed by atoms with van der Waals surface area (Å²) < 4.78 is 71.0. The van der Waals surface area contributed by atoms with Crippen LogP contribution in [0, 0.1) is 11.7 Å². The van der Waals surface area contributed by atoms with Crippen molar-refractivity contribution in [3.05, 3.63) is 35.1 Å². The maximum absolute atomic E-state index is 13.9. The minimum Gasteiger partial charge on any atom is -0.468 e. The zero-order chi connectivity index (χ0) is 18.3. The van der Waals surface area contributed by atoms with Gasteiger partial charge >= 0.3 is 6.18 Å². The van der Waals surface area contributed by atoms with Gasteiger partial charge in [-0.25, -0.2) is 4.39 Å². The van der Waals surface area contributed by atoms with E-state index < -0.39 is 17.6 Å². The molecule has 2 aromatic rings. The van der Waals surface area contributed by atoms with Gasteiger partial charge in [0, 0.05) is 24.6 Å². The molecule has 1 aromatic heterocycles. The molecule has 1 aromatic carbocycles. The van der Waals surface area contributed by atoms with Crippen LogP contribution >= 0.6 is 11.7 Å². The molecule has 3 atom stereocenters. The second kappa shape index (κ2) is 6.66. The summed E-state index contributed by atoms with van der Waals surface area (Å²) in [6, 6.07) is 2.34. The Bertz CT molecular complexity index is 798. The summed E-state index contributed by atoms with van der Waals surface area (Å²) >= 11 is 0.909. The fourth-order valence-corrected chi connectivity index (χ4v) is 3.77. The lowest BCUT2D eigenvalue weighted by Gasteiger charge is -2.22. The highest BCUT2D eigenvalue weighted by molar-refractivity contribution is 6.99. The average Bonchev–Trinajstić information content (AvgIpc) is 3.30. The third kappa shape index (κ3) is 3.48. The van der Waals surface area contributed by atoms with E-state index in [4.69, 9.17) is 9.47 Å². The van der Waals surface area contributed by atoms with E-state index in [1.807, 2.05) is 0 Å². The van der Waals surface area contributed by atoms with Gasteiger partial charge in [-0.1, -0.05) is 6.07 Å². The van der Waals surface area contributed by atoms with Crippen molar-refractivity contribution >= 4 is 11.7 Å². The highest BCUT2D eigenvalue weighted by Crippen LogP contribution is 2.34. The summed E-state index contributed by atoms with van der Waals surface area (Å²) in [4.78, 5) is 2.31. The highest BCUT2D eigenvalue weighted by atomic mass is 32.1. The second-order valence-corrected chi connectivity index (χ2v) is 6.96. The Labute approximate surface area is 150 Å². The van der Waals surface area contributed by atoms with E-state index in [9.17, 15) is 17.6 Å². The molecule has 3 unspecified atom stereocenters. The van der Waals surface area contributed by atoms with Gasteiger partial charge in [0.25, 0.3) is 11.8 Å². The molecule has 2 fully saturated rings. The van der Waals surface area contributed by atoms with Gasteiger partial charge in [-0.15, -0.1) is 8.75 Å². The highest BCUT2D eigenvalue weighted by Gasteiger charge is 2.40. The second-order valence-electron chi connectivity index (χ2n) is 6.43. The molecule has 10 heteroatoms. The van der Waals surface area contributed by atoms with Crippen LogP contribution in [0.5, 0.6) is 11.8 Å². The van der Waals surface area contributed by atoms with Gasteiger partial charge in [0.1, 0.15) is 18.5 Å². The maximum Gasteiger partial charge on any atom is 0.416 e. The molecule has 140 valence electrons. The molecule has 0 saturated carbocycles. The molecule has 0 N–H and O–H groups in total. The molecular weight excluding hydrogens is 374 g/mol. The minimum absolute atomic E-state index is 0.00276. The molecule has 2 aliphatic rings. The Morgan fingerprint density at radius 3 is 2.65 bits per heavy atom. The molecule has 2 saturated heterocycles. The fourth-order valence-electron chi connectivity index (χ4n) is 3.33. The molecule has 0 radical (unpaired) electrons. The smallest absolute Gasteiger partial charge is 0.416 e. The van der Waals surface area contributed by atoms with Crippen LogP contribution in [0.3, 0.4) is 0 Å². The van der Waals surface area contributed by atoms with Crippen LogP contribution in [0.25, 0.3) is 0 Å². The van der Waals surface area contributed by atoms with Gasteiger partial charge in [-0.2, -0.15) is 13.2 Å². The standard InChI is InChI=1S/C16H15F4N3O2S/c17-12-5-11(16(18,19)20)2-1-10(12)8-24-14-15(22-26-21-14)25-13-7-23-4-3-9(13)6-23/h1-2,5,9,13H,3-4,6-8H2. The molecule has 0 amide bonds. The van der Waals surface area contributed by atoms with Crippen molar-refractivity contribution in [1.82, 2.24) is 13.6 Å². The normalized spacial score (nSPS) is 24.8. The lowest BCUT2D eigenvalue weighted by atomic mass is 10.0. The number of ether oxygens (including phenoxy) is 2. The van der Waals surface area contributed by atoms with Crippen molar-refractivity contribution in [2.75, 3.05) is 19.6 Å². The molecule has 0 spiro atoms. The summed E-state index contributed by atoms with van der Waals surface area (Å²) in [5.74, 6) is -0.142. The van der Waals surface area contributed by atoms with Crippen molar-refractivity contribution in [2.45, 2.75) is 25.3 Å². The van der Waals surface area contributed by atoms with Crippen molar-refractivity contribution in [2.24, 2.45) is 5.92 Å². The molecule has 26 heavy (non-hydrogen) atoms. The molecule has 0 aliphatic carbocycles. The summed E-state index contributed by atoms with van der Waals surface area (Å²) in [7, 11) is 0. The van der Waals surface area contributed by atoms with E-state index in [0.717, 1.165) is 49.9 Å². The summed E-state index contributed by atoms with van der Waals surface area (Å²) in [5, 5.41) is 0. The van der Waals surface area contributed by atoms with Crippen LogP contribution in [0.15, 0.2) is 18.2 Å². The number of fused-ring (bicyclic) bond motifs is 2. The van der Waals surface area contributed by atoms with E-state index >= 15 is 0 Å². The first kappa shape index (κ1) is 17.5. The minimum atomic E-state index is -4.59. The van der Waals surface area contributed by atoms with Gasteiger partial charge < -0.3 is 9.47 Å². The van der Waals surface area contributed by atoms with Gasteiger partial charge in [-0.3, -0.25) is 4.90 Å². The Morgan fingerprint density at radius 1 is 1.19 bits per heavy atom. The quantitative estimate of drug-likeness (QED) is 0.734. The van der Waals surface area contributed by atoms with Crippen molar-refractivity contribution in [3.8, 4) is 11.8 Å². The molecule has 5 nitrogen and oxygen atoms in total. The van der Waals surface area contributed by atoms with E-state index in [2.05, 4.69) is 13.6 Å². The number of hydrogen-bond acceptors (Lipinski definition) is 6. The number of alkyl halides is 3. The first-order valence-corrected chi connectivity index (χ1v) is 8.83. The van der Waals surface area contributed by atoms with Gasteiger partial charge in [0.15, 0.2) is 0 Å². The third-order valence-electron chi connectivity index (χ3n) is 4.71. The zero-order valence-electron chi connectivity index (χ0n) is 13.5. The average molecular weight is 389 g/mol. The molecule has 3 heterocycles. The van der Waals surface area contributed by atoms with Gasteiger partial charge in [0.05, 0.1) is 17.3 Å². The predicted octanol–water partition coefficient (Wildman–Crippen LogP) is 3.36. The largest absolute Gasteiger partial charge is 0.468 e. The number of nitrogens with zero attached hydrogens (tertiary/aromatic N) is 3. The number of rotatable bonds is 5. The predicted molar refractivity (Wildman–Crippen MR) is 84.6 cm³/mol. The van der Waals surface area contributed by atoms with E-state index in [0.29, 0.717) is 12.0 Å². The van der Waals surface area contributed by atoms with Crippen molar-refractivity contribution in [1.29, 1.82) is 0 Å². The van der Waals surface area contributed by atoms with Crippen LogP contribution in [0.1, 0.15) is 17.5 Å². The molecule has 2 bridgehead atoms. The van der Waals surface area contributed by atoms with Gasteiger partial charge in [0.2, 0.25) is 0 Å². The maximum atomic E-state index is 13.9. The lowest BCUT2D eigenvalue weighted by Crippen LogP contribution is -2.32. The molecular formula is C16H15F4N3O2S. The van der Waals surface area contributed by atoms with Crippen LogP contribution in [-0.2, 0) is 12.8 Å². The first-order chi connectivity index (χ1) is 12.4. The lowest BCUT2D eigenvalue weighted by molar-refractivity contribution is -0.137. The first-order valence-electron chi connectivity index (χ1n) is 8.10. The number of aromatic nitrogens is 2. The van der Waals surface area contributed by atoms with Crippen LogP contribution in [-0.4, -0.2) is 39.4 Å². The Hall–Kier alpha value is -1.94. The summed E-state index contributed by atoms with van der Waals surface area (Å²) in [6.07, 6.45) is -3.48. The molecule has 2 aliphatic heterocycles. The summed E-state index contributed by atoms with van der Waals surface area (Å²) in [5.41, 5.74) is -1.03. The third-order valence-corrected chi connectivity index (χ3v) is 5.21. The Morgan fingerprint density at radius 2 is 2.00 bits per heavy atom. The summed E-state index contributed by atoms with van der Waals surface area (Å²) in [6.45, 7) is 2.66. The number of hydrogen-bond donors (Lipinski definition) is 0. The zero-order valence-corrected chi connectivity index (χ0v) is 14.3. The van der Waals surface area contributed by atoms with Crippen molar-refractivity contribution < 1.29 is 27.0 Å². The van der Waals surface area contributed by atoms with Crippen LogP contribution in [0.2, 0.25) is 0 Å². The van der Waals surface area contributed by atoms with Gasteiger partial charge in [-0.05, 0) is 25.1 Å². The Kier molecular flexibility index (Phi) is 4.47. The van der Waals surface area contributed by atoms with Crippen molar-refractivity contribution in [3.63, 3.8) is 0 Å². The van der Waals surface area contributed by atoms with Crippen LogP contribution in [0.4, 0.5) is 17.6 Å². The Balaban J connectivity index is 1.40. The number of piperidine rings is 1. The van der Waals surface area contributed by atoms with Crippen LogP contribution < -0.4 is 9.47 Å². The topological polar surface area (TPSA) is 47.5 Å². The number of benzene rings is 1. The number of halogens is 4. The van der Waals surface area contributed by atoms with E-state index in [1.54, 1.807) is 0 Å². The fraction of sp³-hybridized carbons (Fsp3) is 0.500. The monoisotopic (exact) mass is 389 g/mol. The van der Waals surface area contributed by atoms with E-state index in [-0.39, 0.29) is 30.0 Å². The molecule has 4 rings (SSSR count). The SMILES string of the molecule is Fc1cc(C(F)(F)F)ccc1COc1nsnc1OC1CN2CCC1C2. The van der Waals surface area contributed by atoms with E-state index in [1.165, 1.54) is 0 Å².